The van der Waals surface area contributed by atoms with Crippen molar-refractivity contribution in [3.8, 4) is 0 Å². The van der Waals surface area contributed by atoms with Gasteiger partial charge in [-0.1, -0.05) is 155 Å². The number of hydrogen-bond donors (Lipinski definition) is 1. The van der Waals surface area contributed by atoms with Gasteiger partial charge in [0.1, 0.15) is 5.78 Å². The van der Waals surface area contributed by atoms with Crippen LogP contribution in [0.5, 0.6) is 0 Å². The monoisotopic (exact) mass is 529 g/mol. The van der Waals surface area contributed by atoms with Crippen LogP contribution in [0.25, 0.3) is 0 Å². The van der Waals surface area contributed by atoms with Gasteiger partial charge < -0.3 is 10.5 Å². The largest absolute Gasteiger partial charge is 0.399 e. The summed E-state index contributed by atoms with van der Waals surface area (Å²) < 4.78 is 0. The number of Topliss-reactive ketones (excluding diaryl/α,β-unsaturated/α-hetero) is 2. The second kappa shape index (κ2) is 36.7. The maximum atomic E-state index is 11.7. The maximum absolute atomic E-state index is 11.7. The zero-order valence-corrected chi connectivity index (χ0v) is 26.9. The zero-order chi connectivity index (χ0) is 30.0. The summed E-state index contributed by atoms with van der Waals surface area (Å²) in [5.74, 6) is 0.451. The zero-order valence-electron chi connectivity index (χ0n) is 26.9. The number of hydrogen-bond acceptors (Lipinski definition) is 3. The van der Waals surface area contributed by atoms with Gasteiger partial charge in [-0.05, 0) is 38.8 Å². The summed E-state index contributed by atoms with van der Waals surface area (Å²) >= 11 is 0. The standard InChI is InChI=1S/C14H20O.C7H9N.C5H12.C4H10.C3H6O.C2H6/c1-2-3-4-5-9-12-14(15)13-10-7-6-8-11-13;1-6-4-2-3-5-7(6)8;1-3-5-4-2;1-3-4-2;1-3(2)4;1-2/h6-8,10-11H,2-5,9,12H2,1H3;2-5H,8H2,1H3;3-5H2,1-2H3;3-4H2,1-2H3;1-2H3;1-2H3. The van der Waals surface area contributed by atoms with E-state index in [1.54, 1.807) is 0 Å². The molecule has 0 bridgehead atoms. The fourth-order valence-electron chi connectivity index (χ4n) is 2.60. The highest BCUT2D eigenvalue weighted by molar-refractivity contribution is 5.95. The van der Waals surface area contributed by atoms with Crippen molar-refractivity contribution in [3.05, 3.63) is 65.7 Å². The Morgan fingerprint density at radius 3 is 1.37 bits per heavy atom. The van der Waals surface area contributed by atoms with Crippen molar-refractivity contribution in [3.63, 3.8) is 0 Å². The molecule has 0 aromatic heterocycles. The quantitative estimate of drug-likeness (QED) is 0.189. The first kappa shape index (κ1) is 42.7. The molecule has 0 spiro atoms. The Morgan fingerprint density at radius 2 is 1.03 bits per heavy atom. The molecule has 0 unspecified atom stereocenters. The lowest BCUT2D eigenvalue weighted by Crippen LogP contribution is -1.98. The van der Waals surface area contributed by atoms with Crippen molar-refractivity contribution in [1.29, 1.82) is 0 Å². The molecule has 2 aromatic carbocycles. The van der Waals surface area contributed by atoms with Crippen LogP contribution < -0.4 is 5.73 Å². The summed E-state index contributed by atoms with van der Waals surface area (Å²) in [7, 11) is 0. The summed E-state index contributed by atoms with van der Waals surface area (Å²) in [5.41, 5.74) is 8.39. The molecule has 2 N–H and O–H groups in total. The number of unbranched alkanes of at least 4 members (excludes halogenated alkanes) is 7. The molecule has 2 aromatic rings. The second-order valence-electron chi connectivity index (χ2n) is 9.07. The van der Waals surface area contributed by atoms with E-state index in [9.17, 15) is 9.59 Å². The molecule has 3 nitrogen and oxygen atoms in total. The Bertz CT molecular complexity index is 697. The van der Waals surface area contributed by atoms with Crippen LogP contribution in [0.4, 0.5) is 5.69 Å². The van der Waals surface area contributed by atoms with E-state index in [4.69, 9.17) is 5.73 Å². The van der Waals surface area contributed by atoms with E-state index < -0.39 is 0 Å². The molecule has 0 aliphatic heterocycles. The minimum atomic E-state index is 0.167. The van der Waals surface area contributed by atoms with Crippen LogP contribution in [0.3, 0.4) is 0 Å². The molecule has 0 amide bonds. The number of nitrogens with two attached hydrogens (primary N) is 1. The number of nitrogen functional groups attached to an aromatic ring is 1. The number of ketones is 2. The highest BCUT2D eigenvalue weighted by atomic mass is 16.1. The molecule has 2 rings (SSSR count). The first-order valence-corrected chi connectivity index (χ1v) is 15.1. The highest BCUT2D eigenvalue weighted by Gasteiger charge is 2.03. The SMILES string of the molecule is CC.CC(C)=O.CCCC.CCCCC.CCCCCCCC(=O)c1ccccc1.Cc1ccccc1N. The normalized spacial score (nSPS) is 8.68. The van der Waals surface area contributed by atoms with Crippen LogP contribution >= 0.6 is 0 Å². The first-order chi connectivity index (χ1) is 18.2. The summed E-state index contributed by atoms with van der Waals surface area (Å²) in [4.78, 5) is 21.1. The topological polar surface area (TPSA) is 60.2 Å². The van der Waals surface area contributed by atoms with E-state index in [0.29, 0.717) is 6.42 Å². The molecule has 0 radical (unpaired) electrons. The Morgan fingerprint density at radius 1 is 0.605 bits per heavy atom. The van der Waals surface area contributed by atoms with Gasteiger partial charge in [0.2, 0.25) is 0 Å². The Hall–Kier alpha value is -2.42. The highest BCUT2D eigenvalue weighted by Crippen LogP contribution is 2.09. The van der Waals surface area contributed by atoms with E-state index in [2.05, 4.69) is 34.6 Å². The molecular weight excluding hydrogens is 466 g/mol. The van der Waals surface area contributed by atoms with Gasteiger partial charge in [0.25, 0.3) is 0 Å². The lowest BCUT2D eigenvalue weighted by Gasteiger charge is -2.00. The summed E-state index contributed by atoms with van der Waals surface area (Å²) in [6, 6.07) is 17.4. The third-order valence-electron chi connectivity index (χ3n) is 5.00. The number of benzene rings is 2. The minimum absolute atomic E-state index is 0.167. The van der Waals surface area contributed by atoms with E-state index in [1.165, 1.54) is 71.6 Å². The number of carbonyl (C=O) groups excluding carboxylic acids is 2. The second-order valence-corrected chi connectivity index (χ2v) is 9.07. The molecule has 0 atom stereocenters. The van der Waals surface area contributed by atoms with Crippen LogP contribution in [0, 0.1) is 6.92 Å². The molecule has 0 aliphatic rings. The fourth-order valence-corrected chi connectivity index (χ4v) is 2.60. The molecule has 3 heteroatoms. The van der Waals surface area contributed by atoms with Crippen LogP contribution in [0.2, 0.25) is 0 Å². The molecule has 0 aliphatic carbocycles. The smallest absolute Gasteiger partial charge is 0.162 e. The molecule has 0 saturated carbocycles. The Kier molecular flexibility index (Phi) is 41.2. The third kappa shape index (κ3) is 38.1. The van der Waals surface area contributed by atoms with Crippen molar-refractivity contribution in [1.82, 2.24) is 0 Å². The third-order valence-corrected chi connectivity index (χ3v) is 5.00. The molecule has 0 heterocycles. The number of para-hydroxylation sites is 1. The van der Waals surface area contributed by atoms with E-state index in [0.717, 1.165) is 23.2 Å². The van der Waals surface area contributed by atoms with E-state index >= 15 is 0 Å². The molecular formula is C35H63NO2. The van der Waals surface area contributed by atoms with Crippen molar-refractivity contribution in [2.24, 2.45) is 0 Å². The molecule has 220 valence electrons. The molecule has 0 fully saturated rings. The lowest BCUT2D eigenvalue weighted by molar-refractivity contribution is -0.115. The van der Waals surface area contributed by atoms with Crippen molar-refractivity contribution in [2.75, 3.05) is 5.73 Å². The van der Waals surface area contributed by atoms with Gasteiger partial charge in [-0.2, -0.15) is 0 Å². The Balaban J connectivity index is -0.000000212. The van der Waals surface area contributed by atoms with Crippen molar-refractivity contribution in [2.45, 2.75) is 140 Å². The maximum Gasteiger partial charge on any atom is 0.162 e. The van der Waals surface area contributed by atoms with E-state index in [1.807, 2.05) is 75.4 Å². The van der Waals surface area contributed by atoms with Gasteiger partial charge in [0, 0.05) is 17.7 Å². The average molecular weight is 530 g/mol. The number of aryl methyl sites for hydroxylation is 1. The predicted molar refractivity (Wildman–Crippen MR) is 173 cm³/mol. The first-order valence-electron chi connectivity index (χ1n) is 15.1. The van der Waals surface area contributed by atoms with Crippen molar-refractivity contribution >= 4 is 17.3 Å². The van der Waals surface area contributed by atoms with Gasteiger partial charge in [-0.15, -0.1) is 0 Å². The molecule has 38 heavy (non-hydrogen) atoms. The van der Waals surface area contributed by atoms with Gasteiger partial charge in [-0.25, -0.2) is 0 Å². The van der Waals surface area contributed by atoms with E-state index in [-0.39, 0.29) is 11.6 Å². The number of carbonyl (C=O) groups is 2. The minimum Gasteiger partial charge on any atom is -0.399 e. The van der Waals surface area contributed by atoms with Gasteiger partial charge in [-0.3, -0.25) is 4.79 Å². The number of anilines is 1. The fraction of sp³-hybridized carbons (Fsp3) is 0.600. The summed E-state index contributed by atoms with van der Waals surface area (Å²) in [6.45, 7) is 20.0. The summed E-state index contributed by atoms with van der Waals surface area (Å²) in [6.07, 6.45) is 13.4. The molecule has 0 saturated heterocycles. The van der Waals surface area contributed by atoms with Crippen molar-refractivity contribution < 1.29 is 9.59 Å². The number of rotatable bonds is 10. The van der Waals surface area contributed by atoms with Crippen LogP contribution in [-0.4, -0.2) is 11.6 Å². The predicted octanol–water partition coefficient (Wildman–Crippen LogP) is 11.4. The van der Waals surface area contributed by atoms with Crippen LogP contribution in [0.1, 0.15) is 149 Å². The average Bonchev–Trinajstić information content (AvgIpc) is 2.93. The van der Waals surface area contributed by atoms with Crippen LogP contribution in [0.15, 0.2) is 54.6 Å². The van der Waals surface area contributed by atoms with Crippen LogP contribution in [-0.2, 0) is 4.79 Å². The lowest BCUT2D eigenvalue weighted by atomic mass is 10.0. The van der Waals surface area contributed by atoms with Gasteiger partial charge >= 0.3 is 0 Å². The summed E-state index contributed by atoms with van der Waals surface area (Å²) in [5, 5.41) is 0. The van der Waals surface area contributed by atoms with Gasteiger partial charge in [0.05, 0.1) is 0 Å². The van der Waals surface area contributed by atoms with Gasteiger partial charge in [0.15, 0.2) is 5.78 Å². The Labute approximate surface area is 238 Å².